The molecule has 0 bridgehead atoms. The number of aromatic nitrogens is 2. The lowest BCUT2D eigenvalue weighted by atomic mass is 9.91. The summed E-state index contributed by atoms with van der Waals surface area (Å²) >= 11 is 1.86. The summed E-state index contributed by atoms with van der Waals surface area (Å²) < 4.78 is 30.2. The van der Waals surface area contributed by atoms with Crippen molar-refractivity contribution in [3.8, 4) is 0 Å². The van der Waals surface area contributed by atoms with E-state index in [1.165, 1.54) is 12.1 Å². The lowest BCUT2D eigenvalue weighted by Gasteiger charge is -2.27. The van der Waals surface area contributed by atoms with Gasteiger partial charge in [0.05, 0.1) is 0 Å². The van der Waals surface area contributed by atoms with E-state index in [1.807, 2.05) is 28.4 Å². The first kappa shape index (κ1) is 20.3. The quantitative estimate of drug-likeness (QED) is 0.827. The highest BCUT2D eigenvalue weighted by molar-refractivity contribution is 7.99. The van der Waals surface area contributed by atoms with Crippen molar-refractivity contribution in [3.05, 3.63) is 51.8 Å². The molecule has 156 valence electrons. The first-order valence-electron chi connectivity index (χ1n) is 10.0. The highest BCUT2D eigenvalue weighted by Gasteiger charge is 2.31. The van der Waals surface area contributed by atoms with Crippen molar-refractivity contribution in [2.45, 2.75) is 38.8 Å². The minimum absolute atomic E-state index is 0.00132. The average molecular weight is 421 g/mol. The van der Waals surface area contributed by atoms with Crippen LogP contribution in [0, 0.1) is 18.6 Å². The van der Waals surface area contributed by atoms with Crippen LogP contribution in [-0.4, -0.2) is 51.2 Å². The van der Waals surface area contributed by atoms with Crippen molar-refractivity contribution < 1.29 is 13.6 Å². The summed E-state index contributed by atoms with van der Waals surface area (Å²) in [7, 11) is 1.88. The molecule has 5 nitrogen and oxygen atoms in total. The second kappa shape index (κ2) is 8.44. The van der Waals surface area contributed by atoms with Gasteiger partial charge in [0, 0.05) is 61.1 Å². The molecular weight excluding hydrogens is 394 g/mol. The van der Waals surface area contributed by atoms with Gasteiger partial charge in [-0.3, -0.25) is 9.48 Å². The monoisotopic (exact) mass is 420 g/mol. The number of carbonyl (C=O) groups excluding carboxylic acids is 1. The molecule has 2 aromatic rings. The molecular formula is C21H26F2N4OS. The third-order valence-corrected chi connectivity index (χ3v) is 6.84. The van der Waals surface area contributed by atoms with Gasteiger partial charge < -0.3 is 10.2 Å². The summed E-state index contributed by atoms with van der Waals surface area (Å²) in [5.41, 5.74) is 3.11. The normalized spacial score (nSPS) is 19.3. The van der Waals surface area contributed by atoms with Crippen LogP contribution in [0.2, 0.25) is 0 Å². The number of hydrogen-bond donors (Lipinski definition) is 1. The number of halogens is 2. The van der Waals surface area contributed by atoms with E-state index in [1.54, 1.807) is 6.92 Å². The van der Waals surface area contributed by atoms with Crippen LogP contribution in [0.1, 0.15) is 39.3 Å². The maximum atomic E-state index is 14.3. The molecule has 1 atom stereocenters. The van der Waals surface area contributed by atoms with E-state index in [-0.39, 0.29) is 24.1 Å². The van der Waals surface area contributed by atoms with Gasteiger partial charge in [0.1, 0.15) is 11.6 Å². The van der Waals surface area contributed by atoms with Gasteiger partial charge in [-0.15, -0.1) is 0 Å². The number of hydrogen-bond acceptors (Lipinski definition) is 4. The largest absolute Gasteiger partial charge is 0.336 e. The molecule has 0 saturated carbocycles. The Bertz CT molecular complexity index is 924. The molecule has 1 aliphatic heterocycles. The summed E-state index contributed by atoms with van der Waals surface area (Å²) in [5, 5.41) is 7.83. The van der Waals surface area contributed by atoms with Gasteiger partial charge in [0.15, 0.2) is 5.69 Å². The van der Waals surface area contributed by atoms with Crippen LogP contribution < -0.4 is 5.32 Å². The number of amides is 1. The molecule has 2 heterocycles. The van der Waals surface area contributed by atoms with Crippen molar-refractivity contribution in [2.24, 2.45) is 7.05 Å². The van der Waals surface area contributed by atoms with Crippen LogP contribution in [0.4, 0.5) is 8.78 Å². The zero-order valence-electron chi connectivity index (χ0n) is 16.8. The highest BCUT2D eigenvalue weighted by Crippen LogP contribution is 2.26. The van der Waals surface area contributed by atoms with E-state index in [2.05, 4.69) is 10.4 Å². The van der Waals surface area contributed by atoms with Crippen molar-refractivity contribution in [1.82, 2.24) is 20.0 Å². The zero-order chi connectivity index (χ0) is 20.5. The van der Waals surface area contributed by atoms with E-state index in [9.17, 15) is 13.6 Å². The van der Waals surface area contributed by atoms with Gasteiger partial charge in [-0.1, -0.05) is 6.07 Å². The molecule has 29 heavy (non-hydrogen) atoms. The molecule has 1 aromatic carbocycles. The first-order chi connectivity index (χ1) is 14.0. The van der Waals surface area contributed by atoms with E-state index in [0.717, 1.165) is 48.7 Å². The fraction of sp³-hybridized carbons (Fsp3) is 0.524. The Morgan fingerprint density at radius 3 is 2.83 bits per heavy atom. The third kappa shape index (κ3) is 4.05. The zero-order valence-corrected chi connectivity index (χ0v) is 17.6. The van der Waals surface area contributed by atoms with E-state index >= 15 is 0 Å². The van der Waals surface area contributed by atoms with E-state index in [4.69, 9.17) is 0 Å². The summed E-state index contributed by atoms with van der Waals surface area (Å²) in [6.45, 7) is 3.27. The van der Waals surface area contributed by atoms with Crippen LogP contribution in [0.15, 0.2) is 12.1 Å². The molecule has 8 heteroatoms. The van der Waals surface area contributed by atoms with Gasteiger partial charge in [0.2, 0.25) is 0 Å². The number of carbonyl (C=O) groups is 1. The van der Waals surface area contributed by atoms with Crippen LogP contribution >= 0.6 is 11.8 Å². The Hall–Kier alpha value is -1.93. The SMILES string of the molecule is Cc1ccc(F)c(CNC2CCc3c(c(C(=O)N4CCSCC4)nn3C)C2)c1F. The van der Waals surface area contributed by atoms with Crippen molar-refractivity contribution in [3.63, 3.8) is 0 Å². The summed E-state index contributed by atoms with van der Waals surface area (Å²) in [6, 6.07) is 2.81. The van der Waals surface area contributed by atoms with E-state index < -0.39 is 11.6 Å². The van der Waals surface area contributed by atoms with Gasteiger partial charge in [-0.2, -0.15) is 16.9 Å². The molecule has 1 N–H and O–H groups in total. The Balaban J connectivity index is 1.49. The number of thioether (sulfide) groups is 1. The maximum Gasteiger partial charge on any atom is 0.274 e. The molecule has 0 spiro atoms. The second-order valence-corrected chi connectivity index (χ2v) is 9.00. The summed E-state index contributed by atoms with van der Waals surface area (Å²) in [4.78, 5) is 14.9. The molecule has 0 radical (unpaired) electrons. The smallest absolute Gasteiger partial charge is 0.274 e. The highest BCUT2D eigenvalue weighted by atomic mass is 32.2. The van der Waals surface area contributed by atoms with Gasteiger partial charge >= 0.3 is 0 Å². The minimum atomic E-state index is -0.530. The first-order valence-corrected chi connectivity index (χ1v) is 11.2. The Morgan fingerprint density at radius 2 is 2.07 bits per heavy atom. The van der Waals surface area contributed by atoms with Crippen molar-refractivity contribution >= 4 is 17.7 Å². The average Bonchev–Trinajstić information content (AvgIpc) is 3.07. The molecule has 1 saturated heterocycles. The Kier molecular flexibility index (Phi) is 5.92. The van der Waals surface area contributed by atoms with Gasteiger partial charge in [0.25, 0.3) is 5.91 Å². The fourth-order valence-electron chi connectivity index (χ4n) is 4.17. The lowest BCUT2D eigenvalue weighted by molar-refractivity contribution is 0.0764. The maximum absolute atomic E-state index is 14.3. The Morgan fingerprint density at radius 1 is 1.31 bits per heavy atom. The Labute approximate surface area is 173 Å². The molecule has 2 aliphatic rings. The van der Waals surface area contributed by atoms with Gasteiger partial charge in [-0.05, 0) is 37.8 Å². The number of fused-ring (bicyclic) bond motifs is 1. The molecule has 1 unspecified atom stereocenters. The lowest BCUT2D eigenvalue weighted by Crippen LogP contribution is -2.39. The minimum Gasteiger partial charge on any atom is -0.336 e. The summed E-state index contributed by atoms with van der Waals surface area (Å²) in [6.07, 6.45) is 2.27. The molecule has 1 aromatic heterocycles. The molecule has 1 fully saturated rings. The number of nitrogens with zero attached hydrogens (tertiary/aromatic N) is 3. The van der Waals surface area contributed by atoms with Crippen LogP contribution in [-0.2, 0) is 26.4 Å². The van der Waals surface area contributed by atoms with Crippen LogP contribution in [0.25, 0.3) is 0 Å². The number of rotatable bonds is 4. The van der Waals surface area contributed by atoms with Crippen LogP contribution in [0.5, 0.6) is 0 Å². The predicted molar refractivity (Wildman–Crippen MR) is 110 cm³/mol. The fourth-order valence-corrected chi connectivity index (χ4v) is 5.08. The van der Waals surface area contributed by atoms with Gasteiger partial charge in [-0.25, -0.2) is 8.78 Å². The summed E-state index contributed by atoms with van der Waals surface area (Å²) in [5.74, 6) is 0.891. The number of nitrogens with one attached hydrogen (secondary N) is 1. The number of aryl methyl sites for hydroxylation is 2. The topological polar surface area (TPSA) is 50.2 Å². The molecule has 1 amide bonds. The van der Waals surface area contributed by atoms with Crippen LogP contribution in [0.3, 0.4) is 0 Å². The second-order valence-electron chi connectivity index (χ2n) is 7.78. The van der Waals surface area contributed by atoms with Crippen molar-refractivity contribution in [2.75, 3.05) is 24.6 Å². The molecule has 4 rings (SSSR count). The number of benzene rings is 1. The molecule has 1 aliphatic carbocycles. The van der Waals surface area contributed by atoms with Crippen molar-refractivity contribution in [1.29, 1.82) is 0 Å². The standard InChI is InChI=1S/C21H26F2N4OS/c1-13-3-5-17(22)16(19(13)23)12-24-14-4-6-18-15(11-14)20(25-26(18)2)21(28)27-7-9-29-10-8-27/h3,5,14,24H,4,6-12H2,1-2H3. The predicted octanol–water partition coefficient (Wildman–Crippen LogP) is 2.84. The van der Waals surface area contributed by atoms with E-state index in [0.29, 0.717) is 17.7 Å². The third-order valence-electron chi connectivity index (χ3n) is 5.90.